The highest BCUT2D eigenvalue weighted by atomic mass is 16.5. The molecule has 0 radical (unpaired) electrons. The maximum Gasteiger partial charge on any atom is 0.407 e. The second-order valence-electron chi connectivity index (χ2n) is 16.9. The van der Waals surface area contributed by atoms with Crippen LogP contribution in [0.4, 0.5) is 26.7 Å². The first-order chi connectivity index (χ1) is 30.2. The highest BCUT2D eigenvalue weighted by Gasteiger charge is 2.42. The van der Waals surface area contributed by atoms with Crippen LogP contribution in [0, 0.1) is 5.41 Å². The molecule has 2 aliphatic rings. The van der Waals surface area contributed by atoms with Gasteiger partial charge in [-0.15, -0.1) is 0 Å². The molecule has 0 unspecified atom stereocenters. The van der Waals surface area contributed by atoms with E-state index in [1.165, 1.54) is 19.1 Å². The lowest BCUT2D eigenvalue weighted by atomic mass is 9.85. The van der Waals surface area contributed by atoms with E-state index in [0.29, 0.717) is 68.8 Å². The van der Waals surface area contributed by atoms with Gasteiger partial charge in [0.15, 0.2) is 0 Å². The van der Waals surface area contributed by atoms with Gasteiger partial charge in [-0.25, -0.2) is 9.59 Å². The van der Waals surface area contributed by atoms with E-state index >= 15 is 0 Å². The summed E-state index contributed by atoms with van der Waals surface area (Å²) in [7, 11) is 2.48. The summed E-state index contributed by atoms with van der Waals surface area (Å²) in [5.41, 5.74) is 4.20. The molecule has 2 fully saturated rings. The van der Waals surface area contributed by atoms with Gasteiger partial charge in [0.25, 0.3) is 5.91 Å². The molecule has 15 heteroatoms. The molecule has 2 aliphatic heterocycles. The minimum Gasteiger partial charge on any atom is -0.453 e. The van der Waals surface area contributed by atoms with E-state index < -0.39 is 41.8 Å². The fourth-order valence-corrected chi connectivity index (χ4v) is 8.03. The Hall–Kier alpha value is -6.90. The van der Waals surface area contributed by atoms with Gasteiger partial charge in [-0.05, 0) is 84.2 Å². The smallest absolute Gasteiger partial charge is 0.407 e. The van der Waals surface area contributed by atoms with Crippen molar-refractivity contribution in [2.24, 2.45) is 5.41 Å². The number of hydrogen-bond donors (Lipinski definition) is 4. The second kappa shape index (κ2) is 20.8. The summed E-state index contributed by atoms with van der Waals surface area (Å²) in [6, 6.07) is 30.9. The summed E-state index contributed by atoms with van der Waals surface area (Å²) in [4.78, 5) is 84.2. The summed E-state index contributed by atoms with van der Waals surface area (Å²) < 4.78 is 9.54. The molecule has 4 atom stereocenters. The van der Waals surface area contributed by atoms with Crippen LogP contribution in [0.1, 0.15) is 69.2 Å². The Morgan fingerprint density at radius 1 is 0.619 bits per heavy atom. The number of alkyl carbamates (subject to hydrolysis) is 2. The SMILES string of the molecule is COC(=O)N[C@H](C(=O)N1CCC[C@H]1C(=O)Nc1ccc(CN(Cc2ccc(NC(=O)[C@@H]3CCCN3C(=O)[C@H](NC(=O)OC)c3ccccc3)cc2)c2ccccc2)cc1)C(C)(C)C. The number of anilines is 3. The molecule has 15 nitrogen and oxygen atoms in total. The van der Waals surface area contributed by atoms with Crippen molar-refractivity contribution in [1.29, 1.82) is 0 Å². The van der Waals surface area contributed by atoms with Crippen molar-refractivity contribution in [2.75, 3.05) is 42.8 Å². The van der Waals surface area contributed by atoms with Gasteiger partial charge in [-0.2, -0.15) is 0 Å². The summed E-state index contributed by atoms with van der Waals surface area (Å²) in [6.45, 7) is 7.46. The monoisotopic (exact) mass is 859 g/mol. The van der Waals surface area contributed by atoms with E-state index in [1.807, 2.05) is 106 Å². The van der Waals surface area contributed by atoms with Crippen LogP contribution in [-0.2, 0) is 41.7 Å². The predicted molar refractivity (Wildman–Crippen MR) is 239 cm³/mol. The Bertz CT molecular complexity index is 2220. The van der Waals surface area contributed by atoms with E-state index in [9.17, 15) is 28.8 Å². The fourth-order valence-electron chi connectivity index (χ4n) is 8.03. The Kier molecular flexibility index (Phi) is 15.0. The Morgan fingerprint density at radius 3 is 1.52 bits per heavy atom. The molecule has 2 saturated heterocycles. The number of likely N-dealkylation sites (tertiary alicyclic amines) is 2. The molecule has 0 bridgehead atoms. The van der Waals surface area contributed by atoms with Crippen LogP contribution in [0.2, 0.25) is 0 Å². The number of ether oxygens (including phenoxy) is 2. The van der Waals surface area contributed by atoms with E-state index in [4.69, 9.17) is 9.47 Å². The van der Waals surface area contributed by atoms with Crippen LogP contribution >= 0.6 is 0 Å². The summed E-state index contributed by atoms with van der Waals surface area (Å²) in [5.74, 6) is -1.30. The molecular formula is C48H57N7O8. The maximum absolute atomic E-state index is 13.8. The maximum atomic E-state index is 13.8. The van der Waals surface area contributed by atoms with Crippen LogP contribution < -0.4 is 26.2 Å². The molecule has 0 aliphatic carbocycles. The van der Waals surface area contributed by atoms with E-state index in [2.05, 4.69) is 26.2 Å². The lowest BCUT2D eigenvalue weighted by Gasteiger charge is -2.35. The number of rotatable bonds is 14. The van der Waals surface area contributed by atoms with Crippen molar-refractivity contribution < 1.29 is 38.2 Å². The van der Waals surface area contributed by atoms with E-state index in [0.717, 1.165) is 16.8 Å². The number of nitrogens with one attached hydrogen (secondary N) is 4. The minimum atomic E-state index is -1.00. The fraction of sp³-hybridized carbons (Fsp3) is 0.375. The van der Waals surface area contributed by atoms with Gasteiger partial charge < -0.3 is 45.4 Å². The zero-order chi connectivity index (χ0) is 45.1. The normalized spacial score (nSPS) is 16.9. The number of carbonyl (C=O) groups excluding carboxylic acids is 6. The Morgan fingerprint density at radius 2 is 1.06 bits per heavy atom. The molecule has 4 N–H and O–H groups in total. The standard InChI is InChI=1S/C48H57N7O8/c1-48(2,3)41(52-47(61)63-5)45(59)55-29-13-19-39(55)43(57)50-36-26-22-33(23-27-36)31-53(37-16-10-7-11-17-37)30-32-20-24-35(25-21-32)49-42(56)38-18-12-28-54(38)44(58)40(51-46(60)62-4)34-14-8-6-9-15-34/h6-11,14-17,20-27,38-41H,12-13,18-19,28-31H2,1-5H3,(H,49,56)(H,50,57)(H,51,60)(H,52,61)/t38-,39-,40+,41+/m0/s1. The quantitative estimate of drug-likeness (QED) is 0.109. The average molecular weight is 860 g/mol. The number of carbonyl (C=O) groups is 6. The zero-order valence-electron chi connectivity index (χ0n) is 36.5. The highest BCUT2D eigenvalue weighted by Crippen LogP contribution is 2.29. The molecule has 6 amide bonds. The second-order valence-corrected chi connectivity index (χ2v) is 16.9. The first-order valence-electron chi connectivity index (χ1n) is 21.2. The molecule has 0 saturated carbocycles. The third kappa shape index (κ3) is 11.7. The Labute approximate surface area is 368 Å². The topological polar surface area (TPSA) is 179 Å². The van der Waals surface area contributed by atoms with Crippen molar-refractivity contribution in [2.45, 2.75) is 83.7 Å². The van der Waals surface area contributed by atoms with Crippen molar-refractivity contribution in [3.63, 3.8) is 0 Å². The Balaban J connectivity index is 1.08. The summed E-state index contributed by atoms with van der Waals surface area (Å²) in [5, 5.41) is 11.3. The lowest BCUT2D eigenvalue weighted by molar-refractivity contribution is -0.140. The largest absolute Gasteiger partial charge is 0.453 e. The first kappa shape index (κ1) is 45.6. The molecule has 0 aromatic heterocycles. The van der Waals surface area contributed by atoms with Gasteiger partial charge in [-0.3, -0.25) is 19.2 Å². The third-order valence-corrected chi connectivity index (χ3v) is 11.4. The van der Waals surface area contributed by atoms with Crippen LogP contribution in [0.15, 0.2) is 109 Å². The summed E-state index contributed by atoms with van der Waals surface area (Å²) in [6.07, 6.45) is 0.869. The minimum absolute atomic E-state index is 0.288. The predicted octanol–water partition coefficient (Wildman–Crippen LogP) is 6.62. The van der Waals surface area contributed by atoms with Crippen LogP contribution in [0.25, 0.3) is 0 Å². The van der Waals surface area contributed by atoms with Gasteiger partial charge in [-0.1, -0.05) is 93.6 Å². The van der Waals surface area contributed by atoms with Gasteiger partial charge in [0, 0.05) is 43.2 Å². The van der Waals surface area contributed by atoms with Crippen molar-refractivity contribution in [3.8, 4) is 0 Å². The van der Waals surface area contributed by atoms with E-state index in [1.54, 1.807) is 29.2 Å². The van der Waals surface area contributed by atoms with E-state index in [-0.39, 0.29) is 23.6 Å². The third-order valence-electron chi connectivity index (χ3n) is 11.4. The van der Waals surface area contributed by atoms with Crippen LogP contribution in [0.5, 0.6) is 0 Å². The summed E-state index contributed by atoms with van der Waals surface area (Å²) >= 11 is 0. The van der Waals surface area contributed by atoms with Crippen molar-refractivity contribution >= 4 is 52.9 Å². The van der Waals surface area contributed by atoms with Gasteiger partial charge in [0.2, 0.25) is 17.7 Å². The van der Waals surface area contributed by atoms with Crippen molar-refractivity contribution in [3.05, 3.63) is 126 Å². The molecule has 0 spiro atoms. The number of benzene rings is 4. The lowest BCUT2D eigenvalue weighted by Crippen LogP contribution is -2.57. The molecule has 2 heterocycles. The molecular weight excluding hydrogens is 803 g/mol. The van der Waals surface area contributed by atoms with Crippen LogP contribution in [-0.4, -0.2) is 91.0 Å². The molecule has 4 aromatic rings. The number of nitrogens with zero attached hydrogens (tertiary/aromatic N) is 3. The molecule has 4 aromatic carbocycles. The van der Waals surface area contributed by atoms with Crippen LogP contribution in [0.3, 0.4) is 0 Å². The average Bonchev–Trinajstić information content (AvgIpc) is 4.00. The van der Waals surface area contributed by atoms with Crippen molar-refractivity contribution in [1.82, 2.24) is 20.4 Å². The first-order valence-corrected chi connectivity index (χ1v) is 21.2. The highest BCUT2D eigenvalue weighted by molar-refractivity contribution is 6.00. The number of para-hydroxylation sites is 1. The molecule has 332 valence electrons. The number of methoxy groups -OCH3 is 2. The molecule has 63 heavy (non-hydrogen) atoms. The van der Waals surface area contributed by atoms with Gasteiger partial charge >= 0.3 is 12.2 Å². The van der Waals surface area contributed by atoms with Gasteiger partial charge in [0.05, 0.1) is 14.2 Å². The number of hydrogen-bond acceptors (Lipinski definition) is 9. The number of amides is 6. The van der Waals surface area contributed by atoms with Gasteiger partial charge in [0.1, 0.15) is 24.2 Å². The zero-order valence-corrected chi connectivity index (χ0v) is 36.5. The molecule has 6 rings (SSSR count).